The molecule has 0 amide bonds. The molecule has 1 rings (SSSR count). The lowest BCUT2D eigenvalue weighted by Gasteiger charge is -2.45. The lowest BCUT2D eigenvalue weighted by molar-refractivity contribution is -0.138. The Morgan fingerprint density at radius 1 is 1.40 bits per heavy atom. The summed E-state index contributed by atoms with van der Waals surface area (Å²) in [5.74, 6) is 0. The van der Waals surface area contributed by atoms with Crippen molar-refractivity contribution in [3.8, 4) is 0 Å². The van der Waals surface area contributed by atoms with Crippen LogP contribution in [0.5, 0.6) is 0 Å². The van der Waals surface area contributed by atoms with Crippen LogP contribution in [0.1, 0.15) is 34.6 Å². The van der Waals surface area contributed by atoms with Crippen LogP contribution >= 0.6 is 0 Å². The molecular formula is C12H26N2O. The van der Waals surface area contributed by atoms with Crippen molar-refractivity contribution in [3.05, 3.63) is 0 Å². The minimum absolute atomic E-state index is 0.0145. The van der Waals surface area contributed by atoms with E-state index in [1.165, 1.54) is 0 Å². The maximum atomic E-state index is 5.91. The van der Waals surface area contributed by atoms with E-state index in [4.69, 9.17) is 4.74 Å². The lowest BCUT2D eigenvalue weighted by atomic mass is 10.0. The summed E-state index contributed by atoms with van der Waals surface area (Å²) in [6.45, 7) is 13.1. The standard InChI is InChI=1S/C12H26N2O/c1-9-7-14(8-12(4,5)15-9)11(3)10(2)13-6/h9-11,13H,7-8H2,1-6H3. The Balaban J connectivity index is 2.61. The molecule has 1 N–H and O–H groups in total. The van der Waals surface area contributed by atoms with Gasteiger partial charge in [0, 0.05) is 25.2 Å². The zero-order valence-corrected chi connectivity index (χ0v) is 11.0. The SMILES string of the molecule is CNC(C)C(C)N1CC(C)OC(C)(C)C1. The monoisotopic (exact) mass is 214 g/mol. The van der Waals surface area contributed by atoms with Crippen LogP contribution in [-0.4, -0.2) is 48.8 Å². The topological polar surface area (TPSA) is 24.5 Å². The molecule has 1 saturated heterocycles. The van der Waals surface area contributed by atoms with Crippen molar-refractivity contribution < 1.29 is 4.74 Å². The van der Waals surface area contributed by atoms with Crippen molar-refractivity contribution in [1.82, 2.24) is 10.2 Å². The minimum Gasteiger partial charge on any atom is -0.370 e. The van der Waals surface area contributed by atoms with E-state index in [9.17, 15) is 0 Å². The van der Waals surface area contributed by atoms with Crippen molar-refractivity contribution in [1.29, 1.82) is 0 Å². The Morgan fingerprint density at radius 2 is 2.00 bits per heavy atom. The first-order valence-electron chi connectivity index (χ1n) is 5.95. The molecule has 90 valence electrons. The van der Waals surface area contributed by atoms with Gasteiger partial charge in [-0.3, -0.25) is 4.90 Å². The average Bonchev–Trinajstić information content (AvgIpc) is 2.12. The minimum atomic E-state index is -0.0145. The summed E-state index contributed by atoms with van der Waals surface area (Å²) < 4.78 is 5.91. The van der Waals surface area contributed by atoms with Crippen LogP contribution in [-0.2, 0) is 4.74 Å². The lowest BCUT2D eigenvalue weighted by Crippen LogP contribution is -2.58. The van der Waals surface area contributed by atoms with E-state index in [0.29, 0.717) is 18.2 Å². The third-order valence-electron chi connectivity index (χ3n) is 3.35. The van der Waals surface area contributed by atoms with Crippen molar-refractivity contribution in [3.63, 3.8) is 0 Å². The van der Waals surface area contributed by atoms with Gasteiger partial charge in [0.1, 0.15) is 0 Å². The molecule has 15 heavy (non-hydrogen) atoms. The van der Waals surface area contributed by atoms with Crippen LogP contribution in [0.25, 0.3) is 0 Å². The van der Waals surface area contributed by atoms with E-state index in [1.807, 2.05) is 7.05 Å². The van der Waals surface area contributed by atoms with Crippen molar-refractivity contribution in [2.45, 2.75) is 58.4 Å². The first-order valence-corrected chi connectivity index (χ1v) is 5.95. The number of nitrogens with zero attached hydrogens (tertiary/aromatic N) is 1. The Bertz CT molecular complexity index is 206. The summed E-state index contributed by atoms with van der Waals surface area (Å²) in [5.41, 5.74) is -0.0145. The van der Waals surface area contributed by atoms with Gasteiger partial charge < -0.3 is 10.1 Å². The number of hydrogen-bond donors (Lipinski definition) is 1. The van der Waals surface area contributed by atoms with Gasteiger partial charge in [-0.1, -0.05) is 0 Å². The fraction of sp³-hybridized carbons (Fsp3) is 1.00. The fourth-order valence-electron chi connectivity index (χ4n) is 2.37. The van der Waals surface area contributed by atoms with Gasteiger partial charge in [-0.25, -0.2) is 0 Å². The molecule has 0 spiro atoms. The van der Waals surface area contributed by atoms with Gasteiger partial charge >= 0.3 is 0 Å². The number of ether oxygens (including phenoxy) is 1. The second-order valence-electron chi connectivity index (χ2n) is 5.44. The summed E-state index contributed by atoms with van der Waals surface area (Å²) in [6, 6.07) is 1.08. The van der Waals surface area contributed by atoms with Crippen molar-refractivity contribution in [2.75, 3.05) is 20.1 Å². The fourth-order valence-corrected chi connectivity index (χ4v) is 2.37. The van der Waals surface area contributed by atoms with Gasteiger partial charge in [0.2, 0.25) is 0 Å². The smallest absolute Gasteiger partial charge is 0.0757 e. The van der Waals surface area contributed by atoms with E-state index in [2.05, 4.69) is 44.8 Å². The van der Waals surface area contributed by atoms with E-state index in [0.717, 1.165) is 13.1 Å². The van der Waals surface area contributed by atoms with Gasteiger partial charge in [-0.05, 0) is 41.7 Å². The van der Waals surface area contributed by atoms with E-state index in [-0.39, 0.29) is 5.60 Å². The van der Waals surface area contributed by atoms with E-state index in [1.54, 1.807) is 0 Å². The zero-order chi connectivity index (χ0) is 11.6. The van der Waals surface area contributed by atoms with Gasteiger partial charge in [-0.15, -0.1) is 0 Å². The number of hydrogen-bond acceptors (Lipinski definition) is 3. The number of morpholine rings is 1. The molecule has 3 unspecified atom stereocenters. The third kappa shape index (κ3) is 3.44. The Kier molecular flexibility index (Phi) is 4.15. The molecule has 1 heterocycles. The third-order valence-corrected chi connectivity index (χ3v) is 3.35. The zero-order valence-electron chi connectivity index (χ0n) is 11.0. The predicted octanol–water partition coefficient (Wildman–Crippen LogP) is 1.48. The first kappa shape index (κ1) is 12.9. The van der Waals surface area contributed by atoms with Gasteiger partial charge in [0.25, 0.3) is 0 Å². The summed E-state index contributed by atoms with van der Waals surface area (Å²) in [7, 11) is 2.02. The molecule has 1 fully saturated rings. The van der Waals surface area contributed by atoms with E-state index >= 15 is 0 Å². The first-order chi connectivity index (χ1) is 6.85. The summed E-state index contributed by atoms with van der Waals surface area (Å²) in [6.07, 6.45) is 0.334. The molecule has 3 atom stereocenters. The Morgan fingerprint density at radius 3 is 2.47 bits per heavy atom. The normalized spacial score (nSPS) is 31.2. The van der Waals surface area contributed by atoms with Crippen LogP contribution in [0.15, 0.2) is 0 Å². The molecule has 0 saturated carbocycles. The quantitative estimate of drug-likeness (QED) is 0.770. The van der Waals surface area contributed by atoms with Crippen LogP contribution in [0.3, 0.4) is 0 Å². The maximum Gasteiger partial charge on any atom is 0.0757 e. The number of likely N-dealkylation sites (N-methyl/N-ethyl adjacent to an activating group) is 1. The molecule has 0 aromatic rings. The van der Waals surface area contributed by atoms with Crippen molar-refractivity contribution >= 4 is 0 Å². The molecule has 1 aliphatic heterocycles. The van der Waals surface area contributed by atoms with Crippen LogP contribution in [0, 0.1) is 0 Å². The highest BCUT2D eigenvalue weighted by atomic mass is 16.5. The second kappa shape index (κ2) is 4.81. The van der Waals surface area contributed by atoms with Crippen LogP contribution in [0.4, 0.5) is 0 Å². The van der Waals surface area contributed by atoms with Gasteiger partial charge in [0.15, 0.2) is 0 Å². The van der Waals surface area contributed by atoms with E-state index < -0.39 is 0 Å². The Hall–Kier alpha value is -0.120. The summed E-state index contributed by atoms with van der Waals surface area (Å²) >= 11 is 0. The van der Waals surface area contributed by atoms with Crippen LogP contribution in [0.2, 0.25) is 0 Å². The molecular weight excluding hydrogens is 188 g/mol. The molecule has 1 aliphatic rings. The Labute approximate surface area is 94.2 Å². The van der Waals surface area contributed by atoms with Gasteiger partial charge in [0.05, 0.1) is 11.7 Å². The van der Waals surface area contributed by atoms with Gasteiger partial charge in [-0.2, -0.15) is 0 Å². The maximum absolute atomic E-state index is 5.91. The highest BCUT2D eigenvalue weighted by Crippen LogP contribution is 2.23. The molecule has 3 heteroatoms. The van der Waals surface area contributed by atoms with Crippen molar-refractivity contribution in [2.24, 2.45) is 0 Å². The number of rotatable bonds is 3. The summed E-state index contributed by atoms with van der Waals surface area (Å²) in [5, 5.41) is 3.32. The highest BCUT2D eigenvalue weighted by molar-refractivity contribution is 4.87. The molecule has 0 bridgehead atoms. The highest BCUT2D eigenvalue weighted by Gasteiger charge is 2.34. The van der Waals surface area contributed by atoms with Crippen LogP contribution < -0.4 is 5.32 Å². The largest absolute Gasteiger partial charge is 0.370 e. The molecule has 0 aromatic heterocycles. The average molecular weight is 214 g/mol. The predicted molar refractivity (Wildman–Crippen MR) is 64.2 cm³/mol. The molecule has 0 radical (unpaired) electrons. The molecule has 0 aromatic carbocycles. The number of nitrogens with one attached hydrogen (secondary N) is 1. The molecule has 0 aliphatic carbocycles. The second-order valence-corrected chi connectivity index (χ2v) is 5.44. The molecule has 3 nitrogen and oxygen atoms in total. The summed E-state index contributed by atoms with van der Waals surface area (Å²) in [4.78, 5) is 2.52.